The fourth-order valence-corrected chi connectivity index (χ4v) is 1.80. The molecule has 7 heteroatoms. The second-order valence-electron chi connectivity index (χ2n) is 3.43. The lowest BCUT2D eigenvalue weighted by molar-refractivity contribution is -0.120. The topological polar surface area (TPSA) is 93.3 Å². The fourth-order valence-electron chi connectivity index (χ4n) is 1.24. The van der Waals surface area contributed by atoms with Crippen LogP contribution in [-0.4, -0.2) is 22.1 Å². The van der Waals surface area contributed by atoms with Gasteiger partial charge in [-0.3, -0.25) is 9.78 Å². The third-order valence-corrected chi connectivity index (χ3v) is 2.74. The summed E-state index contributed by atoms with van der Waals surface area (Å²) in [6, 6.07) is 3.58. The molecule has 0 atom stereocenters. The number of nitrogens with two attached hydrogens (primary N) is 1. The standard InChI is InChI=1S/C11H11N5OS/c12-11-15-9(7-18-11)5-10(17)16-14-6-8-1-3-13-4-2-8/h1-4,6-7H,5H2,(H2,12,15)(H,16,17). The van der Waals surface area contributed by atoms with Crippen LogP contribution in [0.4, 0.5) is 5.13 Å². The van der Waals surface area contributed by atoms with Gasteiger partial charge in [0.25, 0.3) is 0 Å². The molecule has 0 aliphatic carbocycles. The molecule has 0 fully saturated rings. The summed E-state index contributed by atoms with van der Waals surface area (Å²) in [6.07, 6.45) is 5.03. The van der Waals surface area contributed by atoms with Crippen LogP contribution in [0.15, 0.2) is 35.0 Å². The number of aromatic nitrogens is 2. The molecule has 0 saturated carbocycles. The summed E-state index contributed by atoms with van der Waals surface area (Å²) < 4.78 is 0. The van der Waals surface area contributed by atoms with E-state index in [1.54, 1.807) is 36.1 Å². The molecule has 1 amide bonds. The number of rotatable bonds is 4. The Labute approximate surface area is 108 Å². The van der Waals surface area contributed by atoms with Gasteiger partial charge in [0.05, 0.1) is 18.3 Å². The minimum absolute atomic E-state index is 0.168. The number of nitrogens with one attached hydrogen (secondary N) is 1. The maximum atomic E-state index is 11.5. The lowest BCUT2D eigenvalue weighted by atomic mass is 10.3. The number of amides is 1. The quantitative estimate of drug-likeness (QED) is 0.629. The highest BCUT2D eigenvalue weighted by Crippen LogP contribution is 2.11. The van der Waals surface area contributed by atoms with E-state index < -0.39 is 0 Å². The molecule has 2 aromatic rings. The van der Waals surface area contributed by atoms with Crippen LogP contribution in [0, 0.1) is 0 Å². The van der Waals surface area contributed by atoms with E-state index in [1.165, 1.54) is 11.3 Å². The summed E-state index contributed by atoms with van der Waals surface area (Å²) in [4.78, 5) is 19.4. The second-order valence-corrected chi connectivity index (χ2v) is 4.32. The van der Waals surface area contributed by atoms with Gasteiger partial charge >= 0.3 is 0 Å². The van der Waals surface area contributed by atoms with E-state index in [4.69, 9.17) is 5.73 Å². The first-order chi connectivity index (χ1) is 8.74. The molecule has 6 nitrogen and oxygen atoms in total. The van der Waals surface area contributed by atoms with Crippen molar-refractivity contribution in [3.05, 3.63) is 41.2 Å². The smallest absolute Gasteiger partial charge is 0.246 e. The van der Waals surface area contributed by atoms with Gasteiger partial charge in [-0.05, 0) is 17.7 Å². The van der Waals surface area contributed by atoms with Crippen molar-refractivity contribution in [3.8, 4) is 0 Å². The van der Waals surface area contributed by atoms with Crippen molar-refractivity contribution >= 4 is 28.6 Å². The molecule has 2 aromatic heterocycles. The second kappa shape index (κ2) is 5.87. The summed E-state index contributed by atoms with van der Waals surface area (Å²) in [5.74, 6) is -0.231. The number of carbonyl (C=O) groups is 1. The number of thiazole rings is 1. The average Bonchev–Trinajstić information content (AvgIpc) is 2.76. The third-order valence-electron chi connectivity index (χ3n) is 2.02. The first kappa shape index (κ1) is 12.2. The Bertz CT molecular complexity index is 552. The fraction of sp³-hybridized carbons (Fsp3) is 0.0909. The number of hydrogen-bond donors (Lipinski definition) is 2. The van der Waals surface area contributed by atoms with Crippen molar-refractivity contribution in [2.24, 2.45) is 5.10 Å². The summed E-state index contributed by atoms with van der Waals surface area (Å²) in [5.41, 5.74) is 9.40. The van der Waals surface area contributed by atoms with Gasteiger partial charge in [-0.2, -0.15) is 5.10 Å². The monoisotopic (exact) mass is 261 g/mol. The molecule has 0 bridgehead atoms. The summed E-state index contributed by atoms with van der Waals surface area (Å²) in [7, 11) is 0. The van der Waals surface area contributed by atoms with Crippen LogP contribution in [0.5, 0.6) is 0 Å². The molecule has 3 N–H and O–H groups in total. The van der Waals surface area contributed by atoms with Crippen LogP contribution in [0.1, 0.15) is 11.3 Å². The van der Waals surface area contributed by atoms with E-state index in [0.29, 0.717) is 10.8 Å². The minimum atomic E-state index is -0.231. The molecule has 0 radical (unpaired) electrons. The maximum absolute atomic E-state index is 11.5. The SMILES string of the molecule is Nc1nc(CC(=O)NN=Cc2ccncc2)cs1. The first-order valence-electron chi connectivity index (χ1n) is 5.16. The highest BCUT2D eigenvalue weighted by Gasteiger charge is 2.05. The van der Waals surface area contributed by atoms with Crippen molar-refractivity contribution < 1.29 is 4.79 Å². The molecule has 0 unspecified atom stereocenters. The van der Waals surface area contributed by atoms with Gasteiger partial charge in [-0.15, -0.1) is 11.3 Å². The highest BCUT2D eigenvalue weighted by molar-refractivity contribution is 7.13. The van der Waals surface area contributed by atoms with Crippen LogP contribution < -0.4 is 11.2 Å². The number of nitrogen functional groups attached to an aromatic ring is 1. The van der Waals surface area contributed by atoms with Crippen LogP contribution in [0.2, 0.25) is 0 Å². The van der Waals surface area contributed by atoms with Gasteiger partial charge in [-0.25, -0.2) is 10.4 Å². The Morgan fingerprint density at radius 2 is 2.28 bits per heavy atom. The molecule has 0 aromatic carbocycles. The van der Waals surface area contributed by atoms with Gasteiger partial charge in [0.1, 0.15) is 0 Å². The lowest BCUT2D eigenvalue weighted by Crippen LogP contribution is -2.19. The van der Waals surface area contributed by atoms with Crippen molar-refractivity contribution in [1.29, 1.82) is 0 Å². The molecule has 0 aliphatic rings. The molecule has 0 saturated heterocycles. The largest absolute Gasteiger partial charge is 0.375 e. The van der Waals surface area contributed by atoms with E-state index in [1.807, 2.05) is 0 Å². The summed E-state index contributed by atoms with van der Waals surface area (Å²) in [5, 5.41) is 6.04. The van der Waals surface area contributed by atoms with Crippen LogP contribution in [-0.2, 0) is 11.2 Å². The molecular weight excluding hydrogens is 250 g/mol. The molecule has 2 rings (SSSR count). The third kappa shape index (κ3) is 3.63. The molecule has 18 heavy (non-hydrogen) atoms. The van der Waals surface area contributed by atoms with Gasteiger partial charge in [0, 0.05) is 17.8 Å². The Hall–Kier alpha value is -2.28. The van der Waals surface area contributed by atoms with Crippen LogP contribution in [0.3, 0.4) is 0 Å². The van der Waals surface area contributed by atoms with Crippen molar-refractivity contribution in [3.63, 3.8) is 0 Å². The van der Waals surface area contributed by atoms with Gasteiger partial charge in [-0.1, -0.05) is 0 Å². The average molecular weight is 261 g/mol. The molecule has 0 aliphatic heterocycles. The zero-order valence-electron chi connectivity index (χ0n) is 9.41. The normalized spacial score (nSPS) is 10.7. The van der Waals surface area contributed by atoms with E-state index in [0.717, 1.165) is 5.56 Å². The summed E-state index contributed by atoms with van der Waals surface area (Å²) in [6.45, 7) is 0. The zero-order chi connectivity index (χ0) is 12.8. The van der Waals surface area contributed by atoms with Crippen molar-refractivity contribution in [1.82, 2.24) is 15.4 Å². The Morgan fingerprint density at radius 1 is 1.50 bits per heavy atom. The van der Waals surface area contributed by atoms with Gasteiger partial charge in [0.15, 0.2) is 5.13 Å². The minimum Gasteiger partial charge on any atom is -0.375 e. The number of hydrogen-bond acceptors (Lipinski definition) is 6. The Kier molecular flexibility index (Phi) is 3.98. The predicted octanol–water partition coefficient (Wildman–Crippen LogP) is 0.813. The number of nitrogens with zero attached hydrogens (tertiary/aromatic N) is 3. The number of carbonyl (C=O) groups excluding carboxylic acids is 1. The number of hydrazone groups is 1. The van der Waals surface area contributed by atoms with Crippen molar-refractivity contribution in [2.45, 2.75) is 6.42 Å². The van der Waals surface area contributed by atoms with E-state index in [-0.39, 0.29) is 12.3 Å². The predicted molar refractivity (Wildman–Crippen MR) is 70.2 cm³/mol. The molecule has 92 valence electrons. The summed E-state index contributed by atoms with van der Waals surface area (Å²) >= 11 is 1.31. The Balaban J connectivity index is 1.83. The number of pyridine rings is 1. The van der Waals surface area contributed by atoms with Gasteiger partial charge in [0.2, 0.25) is 5.91 Å². The van der Waals surface area contributed by atoms with Crippen molar-refractivity contribution in [2.75, 3.05) is 5.73 Å². The van der Waals surface area contributed by atoms with E-state index in [9.17, 15) is 4.79 Å². The highest BCUT2D eigenvalue weighted by atomic mass is 32.1. The van der Waals surface area contributed by atoms with Crippen LogP contribution >= 0.6 is 11.3 Å². The Morgan fingerprint density at radius 3 is 2.94 bits per heavy atom. The first-order valence-corrected chi connectivity index (χ1v) is 6.04. The van der Waals surface area contributed by atoms with E-state index in [2.05, 4.69) is 20.5 Å². The van der Waals surface area contributed by atoms with E-state index >= 15 is 0 Å². The number of anilines is 1. The molecule has 0 spiro atoms. The zero-order valence-corrected chi connectivity index (χ0v) is 10.2. The molecule has 2 heterocycles. The van der Waals surface area contributed by atoms with Crippen LogP contribution in [0.25, 0.3) is 0 Å². The lowest BCUT2D eigenvalue weighted by Gasteiger charge is -1.96. The van der Waals surface area contributed by atoms with Gasteiger partial charge < -0.3 is 5.73 Å². The molecular formula is C11H11N5OS. The maximum Gasteiger partial charge on any atom is 0.246 e.